The van der Waals surface area contributed by atoms with E-state index >= 15 is 0 Å². The number of carbonyl (C=O) groups is 2. The van der Waals surface area contributed by atoms with Crippen LogP contribution in [0.2, 0.25) is 0 Å². The molecule has 3 unspecified atom stereocenters. The number of piperidine rings is 2. The molecule has 0 saturated carbocycles. The molecule has 4 heterocycles. The Morgan fingerprint density at radius 1 is 1.12 bits per heavy atom. The smallest absolute Gasteiger partial charge is 0.407 e. The minimum atomic E-state index is -0.913. The number of nitrogens with one attached hydrogen (secondary N) is 2. The van der Waals surface area contributed by atoms with E-state index in [-0.39, 0.29) is 24.2 Å². The van der Waals surface area contributed by atoms with Crippen molar-refractivity contribution in [3.8, 4) is 5.75 Å². The second-order valence-electron chi connectivity index (χ2n) is 8.67. The number of aromatic nitrogens is 2. The molecule has 0 spiro atoms. The molecule has 1 aromatic heterocycles. The fraction of sp³-hybridized carbons (Fsp3) is 0.375. The van der Waals surface area contributed by atoms with Crippen molar-refractivity contribution in [3.63, 3.8) is 0 Å². The number of hydrogen-bond donors (Lipinski definition) is 3. The molecule has 3 aromatic rings. The number of aromatic amines is 1. The lowest BCUT2D eigenvalue weighted by atomic mass is 9.91. The van der Waals surface area contributed by atoms with Gasteiger partial charge in [-0.25, -0.2) is 14.6 Å². The van der Waals surface area contributed by atoms with Crippen LogP contribution in [0.3, 0.4) is 0 Å². The van der Waals surface area contributed by atoms with Gasteiger partial charge in [-0.3, -0.25) is 0 Å². The molecule has 3 aliphatic heterocycles. The molecule has 9 heteroatoms. The fourth-order valence-electron chi connectivity index (χ4n) is 4.89. The number of ether oxygens (including phenoxy) is 1. The highest BCUT2D eigenvalue weighted by Crippen LogP contribution is 2.30. The zero-order valence-corrected chi connectivity index (χ0v) is 18.4. The number of benzene rings is 2. The molecular formula is C24H27N5O4. The number of fused-ring (bicyclic) bond motifs is 4. The van der Waals surface area contributed by atoms with Gasteiger partial charge in [-0.15, -0.1) is 0 Å². The fourth-order valence-corrected chi connectivity index (χ4v) is 4.89. The summed E-state index contributed by atoms with van der Waals surface area (Å²) >= 11 is 0. The number of urea groups is 1. The first-order valence-corrected chi connectivity index (χ1v) is 11.2. The van der Waals surface area contributed by atoms with Crippen molar-refractivity contribution in [2.24, 2.45) is 0 Å². The normalized spacial score (nSPS) is 20.6. The number of rotatable bonds is 5. The number of H-pyrrole nitrogens is 1. The van der Waals surface area contributed by atoms with Gasteiger partial charge in [0.05, 0.1) is 36.3 Å². The number of piperazine rings is 1. The largest absolute Gasteiger partial charge is 0.497 e. The highest BCUT2D eigenvalue weighted by atomic mass is 16.5. The van der Waals surface area contributed by atoms with Crippen LogP contribution in [-0.2, 0) is 6.42 Å². The summed E-state index contributed by atoms with van der Waals surface area (Å²) in [6, 6.07) is 14.7. The third kappa shape index (κ3) is 4.18. The van der Waals surface area contributed by atoms with E-state index in [2.05, 4.69) is 10.3 Å². The lowest BCUT2D eigenvalue weighted by Gasteiger charge is -2.50. The Hall–Kier alpha value is -3.75. The minimum Gasteiger partial charge on any atom is -0.497 e. The second kappa shape index (κ2) is 8.65. The van der Waals surface area contributed by atoms with Gasteiger partial charge in [0.2, 0.25) is 0 Å². The van der Waals surface area contributed by atoms with Crippen LogP contribution < -0.4 is 10.1 Å². The van der Waals surface area contributed by atoms with Crippen molar-refractivity contribution < 1.29 is 19.4 Å². The number of carboxylic acid groups (broad SMARTS) is 1. The van der Waals surface area contributed by atoms with Crippen molar-refractivity contribution in [1.29, 1.82) is 0 Å². The van der Waals surface area contributed by atoms with Gasteiger partial charge in [0.25, 0.3) is 0 Å². The zero-order chi connectivity index (χ0) is 22.9. The number of hydrogen-bond acceptors (Lipinski definition) is 4. The molecule has 9 nitrogen and oxygen atoms in total. The topological polar surface area (TPSA) is 111 Å². The molecule has 172 valence electrons. The van der Waals surface area contributed by atoms with E-state index in [1.165, 1.54) is 4.90 Å². The highest BCUT2D eigenvalue weighted by molar-refractivity contribution is 5.77. The van der Waals surface area contributed by atoms with Gasteiger partial charge in [-0.05, 0) is 49.1 Å². The summed E-state index contributed by atoms with van der Waals surface area (Å²) in [5.74, 6) is 1.46. The number of amides is 3. The highest BCUT2D eigenvalue weighted by Gasteiger charge is 2.43. The number of nitrogens with zero attached hydrogens (tertiary/aromatic N) is 3. The quantitative estimate of drug-likeness (QED) is 0.553. The van der Waals surface area contributed by atoms with Gasteiger partial charge in [-0.2, -0.15) is 0 Å². The lowest BCUT2D eigenvalue weighted by molar-refractivity contribution is 0.00819. The van der Waals surface area contributed by atoms with Crippen LogP contribution in [0.4, 0.5) is 9.59 Å². The molecule has 0 aliphatic carbocycles. The number of methoxy groups -OCH3 is 1. The van der Waals surface area contributed by atoms with Crippen molar-refractivity contribution >= 4 is 23.2 Å². The molecule has 3 amide bonds. The summed E-state index contributed by atoms with van der Waals surface area (Å²) in [5.41, 5.74) is 2.80. The summed E-state index contributed by atoms with van der Waals surface area (Å²) in [5, 5.41) is 12.6. The first-order chi connectivity index (χ1) is 16.0. The molecular weight excluding hydrogens is 422 g/mol. The molecule has 3 saturated heterocycles. The van der Waals surface area contributed by atoms with Crippen LogP contribution in [0, 0.1) is 0 Å². The number of carbonyl (C=O) groups excluding carboxylic acids is 1. The maximum atomic E-state index is 13.3. The van der Waals surface area contributed by atoms with E-state index in [4.69, 9.17) is 9.72 Å². The van der Waals surface area contributed by atoms with Gasteiger partial charge in [0.1, 0.15) is 11.6 Å². The van der Waals surface area contributed by atoms with Crippen molar-refractivity contribution in [2.45, 2.75) is 37.4 Å². The van der Waals surface area contributed by atoms with Crippen LogP contribution in [0.5, 0.6) is 5.75 Å². The Labute approximate surface area is 191 Å². The zero-order valence-electron chi connectivity index (χ0n) is 18.4. The average Bonchev–Trinajstić information content (AvgIpc) is 3.28. The van der Waals surface area contributed by atoms with Crippen molar-refractivity contribution in [2.75, 3.05) is 20.2 Å². The van der Waals surface area contributed by atoms with Crippen molar-refractivity contribution in [3.05, 3.63) is 59.9 Å². The Morgan fingerprint density at radius 2 is 1.82 bits per heavy atom. The molecule has 3 N–H and O–H groups in total. The maximum Gasteiger partial charge on any atom is 0.407 e. The van der Waals surface area contributed by atoms with Gasteiger partial charge in [0, 0.05) is 13.1 Å². The minimum absolute atomic E-state index is 0.108. The van der Waals surface area contributed by atoms with Crippen LogP contribution in [0.1, 0.15) is 30.3 Å². The summed E-state index contributed by atoms with van der Waals surface area (Å²) < 4.78 is 5.26. The predicted molar refractivity (Wildman–Crippen MR) is 122 cm³/mol. The van der Waals surface area contributed by atoms with Gasteiger partial charge >= 0.3 is 12.1 Å². The number of imidazole rings is 1. The molecule has 0 radical (unpaired) electrons. The van der Waals surface area contributed by atoms with E-state index in [0.29, 0.717) is 25.3 Å². The SMILES string of the molecule is COc1ccc(CC(NC(=O)N2CC3CCC2CN3C(=O)O)c2nc3ccccc3[nH]2)cc1. The van der Waals surface area contributed by atoms with Crippen LogP contribution >= 0.6 is 0 Å². The van der Waals surface area contributed by atoms with Gasteiger partial charge in [0.15, 0.2) is 0 Å². The molecule has 3 fully saturated rings. The Morgan fingerprint density at radius 3 is 2.45 bits per heavy atom. The maximum absolute atomic E-state index is 13.3. The first kappa shape index (κ1) is 21.1. The van der Waals surface area contributed by atoms with Crippen LogP contribution in [0.25, 0.3) is 11.0 Å². The molecule has 3 aliphatic rings. The van der Waals surface area contributed by atoms with E-state index in [0.717, 1.165) is 35.2 Å². The third-order valence-electron chi connectivity index (χ3n) is 6.67. The van der Waals surface area contributed by atoms with E-state index in [1.54, 1.807) is 12.0 Å². The summed E-state index contributed by atoms with van der Waals surface area (Å²) in [6.07, 6.45) is 1.25. The molecule has 2 aromatic carbocycles. The van der Waals surface area contributed by atoms with Crippen molar-refractivity contribution in [1.82, 2.24) is 25.1 Å². The first-order valence-electron chi connectivity index (χ1n) is 11.2. The molecule has 33 heavy (non-hydrogen) atoms. The molecule has 2 bridgehead atoms. The molecule has 6 rings (SSSR count). The Kier molecular flexibility index (Phi) is 5.53. The van der Waals surface area contributed by atoms with E-state index < -0.39 is 6.09 Å². The summed E-state index contributed by atoms with van der Waals surface area (Å²) in [4.78, 5) is 36.2. The standard InChI is InChI=1S/C24H27N5O4/c1-33-18-10-6-15(7-11-18)12-21(22-25-19-4-2-3-5-20(19)26-22)27-23(30)28-13-17-9-8-16(28)14-29(17)24(31)32/h2-7,10-11,16-17,21H,8-9,12-14H2,1H3,(H,25,26)(H,27,30)(H,31,32). The summed E-state index contributed by atoms with van der Waals surface area (Å²) in [7, 11) is 1.63. The molecule has 3 atom stereocenters. The number of para-hydroxylation sites is 2. The summed E-state index contributed by atoms with van der Waals surface area (Å²) in [6.45, 7) is 0.777. The lowest BCUT2D eigenvalue weighted by Crippen LogP contribution is -2.66. The van der Waals surface area contributed by atoms with Gasteiger partial charge in [-0.1, -0.05) is 24.3 Å². The van der Waals surface area contributed by atoms with E-state index in [1.807, 2.05) is 48.5 Å². The Balaban J connectivity index is 1.38. The van der Waals surface area contributed by atoms with Crippen LogP contribution in [-0.4, -0.2) is 69.3 Å². The monoisotopic (exact) mass is 449 g/mol. The van der Waals surface area contributed by atoms with E-state index in [9.17, 15) is 14.7 Å². The van der Waals surface area contributed by atoms with Gasteiger partial charge < -0.3 is 29.9 Å². The Bertz CT molecular complexity index is 1130. The predicted octanol–water partition coefficient (Wildman–Crippen LogP) is 3.39. The average molecular weight is 450 g/mol. The second-order valence-corrected chi connectivity index (χ2v) is 8.67. The van der Waals surface area contributed by atoms with Crippen LogP contribution in [0.15, 0.2) is 48.5 Å². The third-order valence-corrected chi connectivity index (χ3v) is 6.67.